The molecular formula is C22H33N7O4. The minimum Gasteiger partial charge on any atom is -0.480 e. The Morgan fingerprint density at radius 1 is 1.09 bits per heavy atom. The fourth-order valence-corrected chi connectivity index (χ4v) is 3.33. The topological polar surface area (TPSA) is 202 Å². The summed E-state index contributed by atoms with van der Waals surface area (Å²) in [7, 11) is 0. The number of H-pyrrole nitrogens is 1. The maximum atomic E-state index is 13.1. The van der Waals surface area contributed by atoms with Crippen molar-refractivity contribution in [1.29, 1.82) is 0 Å². The number of aromatic nitrogens is 1. The van der Waals surface area contributed by atoms with Gasteiger partial charge < -0.3 is 37.9 Å². The number of benzene rings is 1. The van der Waals surface area contributed by atoms with E-state index in [0.29, 0.717) is 6.42 Å². The summed E-state index contributed by atoms with van der Waals surface area (Å²) in [6.45, 7) is 3.84. The van der Waals surface area contributed by atoms with E-state index in [-0.39, 0.29) is 31.3 Å². The van der Waals surface area contributed by atoms with Gasteiger partial charge in [-0.3, -0.25) is 14.6 Å². The summed E-state index contributed by atoms with van der Waals surface area (Å²) in [5.41, 5.74) is 18.2. The molecule has 0 saturated heterocycles. The molecule has 11 nitrogen and oxygen atoms in total. The highest BCUT2D eigenvalue weighted by molar-refractivity contribution is 5.93. The fourth-order valence-electron chi connectivity index (χ4n) is 3.33. The van der Waals surface area contributed by atoms with Gasteiger partial charge in [-0.1, -0.05) is 32.0 Å². The molecule has 1 heterocycles. The molecule has 2 aromatic rings. The number of para-hydroxylation sites is 1. The highest BCUT2D eigenvalue weighted by Gasteiger charge is 2.29. The number of guanidine groups is 1. The Labute approximate surface area is 192 Å². The van der Waals surface area contributed by atoms with Crippen molar-refractivity contribution in [2.75, 3.05) is 6.54 Å². The monoisotopic (exact) mass is 459 g/mol. The van der Waals surface area contributed by atoms with Crippen LogP contribution in [0.4, 0.5) is 0 Å². The maximum Gasteiger partial charge on any atom is 0.326 e. The third-order valence-corrected chi connectivity index (χ3v) is 5.31. The van der Waals surface area contributed by atoms with Crippen molar-refractivity contribution in [1.82, 2.24) is 15.6 Å². The van der Waals surface area contributed by atoms with E-state index in [1.54, 1.807) is 20.0 Å². The lowest BCUT2D eigenvalue weighted by Gasteiger charge is -2.24. The van der Waals surface area contributed by atoms with Crippen molar-refractivity contribution in [3.63, 3.8) is 0 Å². The van der Waals surface area contributed by atoms with Crippen molar-refractivity contribution in [2.24, 2.45) is 28.1 Å². The number of fused-ring (bicyclic) bond motifs is 1. The predicted molar refractivity (Wildman–Crippen MR) is 126 cm³/mol. The van der Waals surface area contributed by atoms with Crippen molar-refractivity contribution >= 4 is 34.6 Å². The molecule has 1 aromatic carbocycles. The van der Waals surface area contributed by atoms with Gasteiger partial charge in [-0.15, -0.1) is 0 Å². The smallest absolute Gasteiger partial charge is 0.326 e. The molecule has 0 radical (unpaired) electrons. The maximum absolute atomic E-state index is 13.1. The number of carbonyl (C=O) groups excluding carboxylic acids is 2. The number of carboxylic acid groups (broad SMARTS) is 1. The number of aliphatic carboxylic acids is 1. The zero-order valence-electron chi connectivity index (χ0n) is 18.9. The van der Waals surface area contributed by atoms with Gasteiger partial charge in [0.15, 0.2) is 5.96 Å². The number of hydrogen-bond donors (Lipinski definition) is 7. The molecule has 10 N–H and O–H groups in total. The van der Waals surface area contributed by atoms with Gasteiger partial charge in [0, 0.05) is 30.1 Å². The normalized spacial score (nSPS) is 13.8. The Bertz CT molecular complexity index is 998. The molecule has 180 valence electrons. The summed E-state index contributed by atoms with van der Waals surface area (Å²) in [4.78, 5) is 44.3. The van der Waals surface area contributed by atoms with E-state index in [2.05, 4.69) is 20.6 Å². The van der Waals surface area contributed by atoms with Gasteiger partial charge in [-0.05, 0) is 30.4 Å². The molecule has 2 amide bonds. The number of aromatic amines is 1. The average molecular weight is 460 g/mol. The first-order valence-corrected chi connectivity index (χ1v) is 10.8. The number of nitrogens with zero attached hydrogens (tertiary/aromatic N) is 1. The average Bonchev–Trinajstić information content (AvgIpc) is 3.17. The lowest BCUT2D eigenvalue weighted by atomic mass is 10.0. The zero-order valence-corrected chi connectivity index (χ0v) is 18.9. The number of aliphatic imine (C=N–C) groups is 1. The van der Waals surface area contributed by atoms with E-state index in [9.17, 15) is 19.5 Å². The van der Waals surface area contributed by atoms with E-state index in [4.69, 9.17) is 17.2 Å². The second-order valence-corrected chi connectivity index (χ2v) is 8.24. The minimum atomic E-state index is -1.19. The highest BCUT2D eigenvalue weighted by atomic mass is 16.4. The van der Waals surface area contributed by atoms with Gasteiger partial charge in [0.25, 0.3) is 0 Å². The third-order valence-electron chi connectivity index (χ3n) is 5.31. The van der Waals surface area contributed by atoms with Crippen LogP contribution < -0.4 is 27.8 Å². The number of hydrogen-bond acceptors (Lipinski definition) is 5. The van der Waals surface area contributed by atoms with E-state index in [0.717, 1.165) is 16.5 Å². The van der Waals surface area contributed by atoms with E-state index >= 15 is 0 Å². The van der Waals surface area contributed by atoms with Gasteiger partial charge in [0.05, 0.1) is 6.04 Å². The van der Waals surface area contributed by atoms with Gasteiger partial charge >= 0.3 is 5.97 Å². The summed E-state index contributed by atoms with van der Waals surface area (Å²) in [5.74, 6) is -2.51. The number of amides is 2. The van der Waals surface area contributed by atoms with Gasteiger partial charge in [-0.25, -0.2) is 4.79 Å². The molecule has 0 aliphatic heterocycles. The lowest BCUT2D eigenvalue weighted by Crippen LogP contribution is -2.56. The van der Waals surface area contributed by atoms with Crippen molar-refractivity contribution in [2.45, 2.75) is 51.2 Å². The Balaban J connectivity index is 2.19. The number of nitrogens with two attached hydrogens (primary N) is 3. The summed E-state index contributed by atoms with van der Waals surface area (Å²) in [5, 5.41) is 15.7. The number of carbonyl (C=O) groups is 3. The first kappa shape index (κ1) is 25.7. The van der Waals surface area contributed by atoms with Crippen LogP contribution in [0, 0.1) is 5.92 Å². The summed E-state index contributed by atoms with van der Waals surface area (Å²) >= 11 is 0. The molecule has 3 atom stereocenters. The van der Waals surface area contributed by atoms with Crippen LogP contribution in [-0.2, 0) is 20.8 Å². The van der Waals surface area contributed by atoms with Crippen molar-refractivity contribution in [3.8, 4) is 0 Å². The van der Waals surface area contributed by atoms with Crippen LogP contribution in [0.3, 0.4) is 0 Å². The van der Waals surface area contributed by atoms with Gasteiger partial charge in [0.2, 0.25) is 11.8 Å². The molecule has 0 fully saturated rings. The highest BCUT2D eigenvalue weighted by Crippen LogP contribution is 2.19. The molecule has 1 aromatic heterocycles. The van der Waals surface area contributed by atoms with Crippen LogP contribution in [0.1, 0.15) is 32.3 Å². The minimum absolute atomic E-state index is 0.0890. The summed E-state index contributed by atoms with van der Waals surface area (Å²) < 4.78 is 0. The van der Waals surface area contributed by atoms with Crippen LogP contribution in [0.15, 0.2) is 35.5 Å². The lowest BCUT2D eigenvalue weighted by molar-refractivity contribution is -0.142. The van der Waals surface area contributed by atoms with E-state index in [1.807, 2.05) is 24.3 Å². The Kier molecular flexibility index (Phi) is 9.22. The van der Waals surface area contributed by atoms with Crippen LogP contribution in [0.2, 0.25) is 0 Å². The van der Waals surface area contributed by atoms with Crippen molar-refractivity contribution < 1.29 is 19.5 Å². The first-order valence-electron chi connectivity index (χ1n) is 10.8. The number of rotatable bonds is 12. The molecule has 0 bridgehead atoms. The predicted octanol–water partition coefficient (Wildman–Crippen LogP) is -0.198. The number of carboxylic acids is 1. The second kappa shape index (κ2) is 11.9. The SMILES string of the molecule is CC(C)[C@H](N)C(=O)N[C@@H](Cc1c[nH]c2ccccc12)C(=O)N[C@@H](CCCN=C(N)N)C(=O)O. The molecule has 0 saturated carbocycles. The van der Waals surface area contributed by atoms with Crippen molar-refractivity contribution in [3.05, 3.63) is 36.0 Å². The Hall–Kier alpha value is -3.60. The fraction of sp³-hybridized carbons (Fsp3) is 0.455. The number of nitrogens with one attached hydrogen (secondary N) is 3. The largest absolute Gasteiger partial charge is 0.480 e. The first-order chi connectivity index (χ1) is 15.6. The quantitative estimate of drug-likeness (QED) is 0.129. The molecule has 33 heavy (non-hydrogen) atoms. The molecule has 0 spiro atoms. The van der Waals surface area contributed by atoms with Crippen LogP contribution in [-0.4, -0.2) is 58.5 Å². The van der Waals surface area contributed by atoms with Gasteiger partial charge in [-0.2, -0.15) is 0 Å². The molecule has 0 aliphatic rings. The Morgan fingerprint density at radius 3 is 2.39 bits per heavy atom. The standard InChI is InChI=1S/C22H33N7O4/c1-12(2)18(23)20(31)29-17(10-13-11-27-15-7-4-3-6-14(13)15)19(30)28-16(21(32)33)8-5-9-26-22(24)25/h3-4,6-7,11-12,16-18,27H,5,8-10,23H2,1-2H3,(H,28,30)(H,29,31)(H,32,33)(H4,24,25,26)/t16-,17-,18-/m0/s1. The Morgan fingerprint density at radius 2 is 1.76 bits per heavy atom. The van der Waals surface area contributed by atoms with E-state index < -0.39 is 35.9 Å². The second-order valence-electron chi connectivity index (χ2n) is 8.24. The molecule has 2 rings (SSSR count). The molecular weight excluding hydrogens is 426 g/mol. The van der Waals surface area contributed by atoms with Crippen LogP contribution in [0.25, 0.3) is 10.9 Å². The van der Waals surface area contributed by atoms with E-state index in [1.165, 1.54) is 0 Å². The van der Waals surface area contributed by atoms with Crippen LogP contribution >= 0.6 is 0 Å². The molecule has 0 aliphatic carbocycles. The van der Waals surface area contributed by atoms with Gasteiger partial charge in [0.1, 0.15) is 12.1 Å². The summed E-state index contributed by atoms with van der Waals surface area (Å²) in [6, 6.07) is 4.58. The van der Waals surface area contributed by atoms with Crippen LogP contribution in [0.5, 0.6) is 0 Å². The zero-order chi connectivity index (χ0) is 24.5. The third kappa shape index (κ3) is 7.49. The molecule has 11 heteroatoms. The molecule has 0 unspecified atom stereocenters. The summed E-state index contributed by atoms with van der Waals surface area (Å²) in [6.07, 6.45) is 2.40.